The molecule has 0 fully saturated rings. The Bertz CT molecular complexity index is 1070. The molecule has 2 aromatic heterocycles. The van der Waals surface area contributed by atoms with Gasteiger partial charge >= 0.3 is 5.69 Å². The van der Waals surface area contributed by atoms with Gasteiger partial charge in [0.15, 0.2) is 0 Å². The number of carbonyl (C=O) groups is 1. The fourth-order valence-corrected chi connectivity index (χ4v) is 2.88. The molecule has 0 aliphatic heterocycles. The molecule has 152 valence electrons. The van der Waals surface area contributed by atoms with Gasteiger partial charge in [0.1, 0.15) is 23.7 Å². The summed E-state index contributed by atoms with van der Waals surface area (Å²) < 4.78 is 16.1. The van der Waals surface area contributed by atoms with Crippen molar-refractivity contribution in [3.05, 3.63) is 69.5 Å². The number of nitrogens with one attached hydrogen (secondary N) is 1. The van der Waals surface area contributed by atoms with Gasteiger partial charge in [-0.2, -0.15) is 10.2 Å². The molecule has 10 heteroatoms. The largest absolute Gasteiger partial charge is 0.321 e. The maximum Gasteiger partial charge on any atom is 0.307 e. The van der Waals surface area contributed by atoms with Crippen LogP contribution < -0.4 is 5.32 Å². The highest BCUT2D eigenvalue weighted by atomic mass is 19.1. The monoisotopic (exact) mass is 400 g/mol. The second-order valence-electron chi connectivity index (χ2n) is 7.24. The molecule has 3 rings (SSSR count). The van der Waals surface area contributed by atoms with E-state index in [-0.39, 0.29) is 17.4 Å². The van der Waals surface area contributed by atoms with Crippen LogP contribution in [0.2, 0.25) is 0 Å². The van der Waals surface area contributed by atoms with Crippen LogP contribution in [0.3, 0.4) is 0 Å². The van der Waals surface area contributed by atoms with Gasteiger partial charge in [-0.05, 0) is 45.4 Å². The van der Waals surface area contributed by atoms with Crippen LogP contribution in [-0.2, 0) is 16.9 Å². The second kappa shape index (κ2) is 7.46. The molecule has 0 aliphatic carbocycles. The molecule has 0 aliphatic rings. The van der Waals surface area contributed by atoms with E-state index in [4.69, 9.17) is 0 Å². The number of nitro groups is 1. The van der Waals surface area contributed by atoms with Crippen molar-refractivity contribution in [2.45, 2.75) is 39.8 Å². The van der Waals surface area contributed by atoms with Crippen molar-refractivity contribution in [1.29, 1.82) is 0 Å². The van der Waals surface area contributed by atoms with Crippen molar-refractivity contribution in [1.82, 2.24) is 19.6 Å². The lowest BCUT2D eigenvalue weighted by molar-refractivity contribution is -0.385. The quantitative estimate of drug-likeness (QED) is 0.505. The molecule has 1 aromatic carbocycles. The van der Waals surface area contributed by atoms with Crippen molar-refractivity contribution in [3.63, 3.8) is 0 Å². The number of benzene rings is 1. The molecule has 0 unspecified atom stereocenters. The molecule has 9 nitrogen and oxygen atoms in total. The third kappa shape index (κ3) is 4.00. The van der Waals surface area contributed by atoms with E-state index < -0.39 is 10.5 Å². The molecule has 0 atom stereocenters. The molecule has 0 radical (unpaired) electrons. The maximum absolute atomic E-state index is 13.1. The summed E-state index contributed by atoms with van der Waals surface area (Å²) in [5.41, 5.74) is 1.45. The number of rotatable bonds is 6. The standard InChI is InChI=1S/C19H21FN6O3/c1-12-17(13(2)24(23-12)10-14-5-7-15(20)8-6-14)22-18(27)19(3,4)25-11-16(9-21-25)26(28)29/h5-9,11H,10H2,1-4H3,(H,22,27). The minimum atomic E-state index is -1.16. The van der Waals surface area contributed by atoms with E-state index in [0.29, 0.717) is 17.9 Å². The summed E-state index contributed by atoms with van der Waals surface area (Å²) in [6.07, 6.45) is 2.32. The number of nitrogens with zero attached hydrogens (tertiary/aromatic N) is 5. The zero-order chi connectivity index (χ0) is 21.3. The molecule has 1 amide bonds. The van der Waals surface area contributed by atoms with Crippen LogP contribution in [0.1, 0.15) is 30.8 Å². The van der Waals surface area contributed by atoms with Crippen molar-refractivity contribution < 1.29 is 14.1 Å². The highest BCUT2D eigenvalue weighted by Crippen LogP contribution is 2.25. The Balaban J connectivity index is 1.81. The lowest BCUT2D eigenvalue weighted by Gasteiger charge is -2.24. The fourth-order valence-electron chi connectivity index (χ4n) is 2.88. The summed E-state index contributed by atoms with van der Waals surface area (Å²) in [5, 5.41) is 22.1. The van der Waals surface area contributed by atoms with Gasteiger partial charge in [0.05, 0.1) is 28.5 Å². The second-order valence-corrected chi connectivity index (χ2v) is 7.24. The predicted octanol–water partition coefficient (Wildman–Crippen LogP) is 3.17. The Morgan fingerprint density at radius 3 is 2.52 bits per heavy atom. The van der Waals surface area contributed by atoms with Crippen molar-refractivity contribution in [2.24, 2.45) is 0 Å². The summed E-state index contributed by atoms with van der Waals surface area (Å²) in [6, 6.07) is 6.13. The van der Waals surface area contributed by atoms with E-state index in [1.54, 1.807) is 37.6 Å². The van der Waals surface area contributed by atoms with Gasteiger partial charge in [0, 0.05) is 0 Å². The van der Waals surface area contributed by atoms with E-state index >= 15 is 0 Å². The van der Waals surface area contributed by atoms with Crippen LogP contribution in [-0.4, -0.2) is 30.4 Å². The van der Waals surface area contributed by atoms with Crippen molar-refractivity contribution in [2.75, 3.05) is 5.32 Å². The SMILES string of the molecule is Cc1nn(Cc2ccc(F)cc2)c(C)c1NC(=O)C(C)(C)n1cc([N+](=O)[O-])cn1. The molecule has 2 heterocycles. The van der Waals surface area contributed by atoms with Crippen LogP contribution in [0.4, 0.5) is 15.8 Å². The Morgan fingerprint density at radius 2 is 1.93 bits per heavy atom. The van der Waals surface area contributed by atoms with Crippen molar-refractivity contribution >= 4 is 17.3 Å². The van der Waals surface area contributed by atoms with E-state index in [1.165, 1.54) is 23.0 Å². The van der Waals surface area contributed by atoms with Crippen molar-refractivity contribution in [3.8, 4) is 0 Å². The Morgan fingerprint density at radius 1 is 1.28 bits per heavy atom. The maximum atomic E-state index is 13.1. The lowest BCUT2D eigenvalue weighted by atomic mass is 10.0. The topological polar surface area (TPSA) is 108 Å². The van der Waals surface area contributed by atoms with E-state index in [9.17, 15) is 19.3 Å². The first kappa shape index (κ1) is 20.2. The highest BCUT2D eigenvalue weighted by Gasteiger charge is 2.33. The fraction of sp³-hybridized carbons (Fsp3) is 0.316. The number of hydrogen-bond donors (Lipinski definition) is 1. The van der Waals surface area contributed by atoms with Crippen LogP contribution in [0.5, 0.6) is 0 Å². The predicted molar refractivity (Wildman–Crippen MR) is 104 cm³/mol. The number of carbonyl (C=O) groups excluding carboxylic acids is 1. The third-order valence-corrected chi connectivity index (χ3v) is 4.77. The smallest absolute Gasteiger partial charge is 0.307 e. The number of hydrogen-bond acceptors (Lipinski definition) is 5. The lowest BCUT2D eigenvalue weighted by Crippen LogP contribution is -2.40. The van der Waals surface area contributed by atoms with E-state index in [2.05, 4.69) is 15.5 Å². The molecule has 0 bridgehead atoms. The zero-order valence-corrected chi connectivity index (χ0v) is 16.5. The van der Waals surface area contributed by atoms with Crippen LogP contribution in [0.25, 0.3) is 0 Å². The zero-order valence-electron chi connectivity index (χ0n) is 16.5. The average molecular weight is 400 g/mol. The summed E-state index contributed by atoms with van der Waals surface area (Å²) in [6.45, 7) is 7.26. The highest BCUT2D eigenvalue weighted by molar-refractivity contribution is 5.97. The van der Waals surface area contributed by atoms with Crippen LogP contribution >= 0.6 is 0 Å². The Hall–Kier alpha value is -3.56. The number of halogens is 1. The number of amides is 1. The molecular formula is C19H21FN6O3. The van der Waals surface area contributed by atoms with Gasteiger partial charge in [-0.3, -0.25) is 24.3 Å². The molecular weight excluding hydrogens is 379 g/mol. The van der Waals surface area contributed by atoms with Crippen LogP contribution in [0.15, 0.2) is 36.7 Å². The van der Waals surface area contributed by atoms with E-state index in [1.807, 2.05) is 6.92 Å². The minimum absolute atomic E-state index is 0.189. The summed E-state index contributed by atoms with van der Waals surface area (Å²) in [7, 11) is 0. The normalized spacial score (nSPS) is 11.5. The summed E-state index contributed by atoms with van der Waals surface area (Å²) in [5.74, 6) is -0.695. The molecule has 0 saturated heterocycles. The summed E-state index contributed by atoms with van der Waals surface area (Å²) in [4.78, 5) is 23.2. The molecule has 29 heavy (non-hydrogen) atoms. The van der Waals surface area contributed by atoms with Gasteiger partial charge in [-0.1, -0.05) is 12.1 Å². The third-order valence-electron chi connectivity index (χ3n) is 4.77. The van der Waals surface area contributed by atoms with E-state index in [0.717, 1.165) is 17.5 Å². The van der Waals surface area contributed by atoms with Gasteiger partial charge in [-0.15, -0.1) is 0 Å². The van der Waals surface area contributed by atoms with Crippen LogP contribution in [0, 0.1) is 29.8 Å². The summed E-state index contributed by atoms with van der Waals surface area (Å²) >= 11 is 0. The molecule has 0 spiro atoms. The minimum Gasteiger partial charge on any atom is -0.321 e. The molecule has 1 N–H and O–H groups in total. The Labute approximate surface area is 166 Å². The molecule has 0 saturated carbocycles. The Kier molecular flexibility index (Phi) is 5.19. The van der Waals surface area contributed by atoms with Gasteiger partial charge in [-0.25, -0.2) is 4.39 Å². The number of aromatic nitrogens is 4. The average Bonchev–Trinajstić information content (AvgIpc) is 3.26. The van der Waals surface area contributed by atoms with Gasteiger partial charge in [0.2, 0.25) is 0 Å². The first-order valence-electron chi connectivity index (χ1n) is 8.89. The first-order valence-corrected chi connectivity index (χ1v) is 8.89. The number of anilines is 1. The van der Waals surface area contributed by atoms with Gasteiger partial charge < -0.3 is 5.32 Å². The first-order chi connectivity index (χ1) is 13.6. The van der Waals surface area contributed by atoms with Gasteiger partial charge in [0.25, 0.3) is 5.91 Å². The number of aryl methyl sites for hydroxylation is 1. The molecule has 3 aromatic rings.